The highest BCUT2D eigenvalue weighted by molar-refractivity contribution is 5.47. The Balaban J connectivity index is 2.03. The fourth-order valence-corrected chi connectivity index (χ4v) is 2.38. The van der Waals surface area contributed by atoms with Crippen LogP contribution in [0.1, 0.15) is 29.9 Å². The molecule has 0 radical (unpaired) electrons. The van der Waals surface area contributed by atoms with Gasteiger partial charge in [0.15, 0.2) is 0 Å². The van der Waals surface area contributed by atoms with Gasteiger partial charge in [0.25, 0.3) is 0 Å². The van der Waals surface area contributed by atoms with Gasteiger partial charge >= 0.3 is 0 Å². The smallest absolute Gasteiger partial charge is 0.146 e. The van der Waals surface area contributed by atoms with E-state index in [0.717, 1.165) is 36.7 Å². The number of para-hydroxylation sites is 1. The van der Waals surface area contributed by atoms with E-state index in [1.54, 1.807) is 0 Å². The highest BCUT2D eigenvalue weighted by Crippen LogP contribution is 2.35. The number of H-pyrrole nitrogens is 1. The Morgan fingerprint density at radius 1 is 1.50 bits per heavy atom. The van der Waals surface area contributed by atoms with Gasteiger partial charge in [0.1, 0.15) is 17.9 Å². The number of nitrogens with zero attached hydrogens (tertiary/aromatic N) is 2. The molecule has 2 heterocycles. The van der Waals surface area contributed by atoms with Crippen molar-refractivity contribution in [3.63, 3.8) is 0 Å². The number of fused-ring (bicyclic) bond motifs is 1. The second-order valence-electron chi connectivity index (χ2n) is 4.30. The Labute approximate surface area is 106 Å². The molecule has 0 saturated heterocycles. The number of aromatic amines is 1. The molecule has 1 aromatic heterocycles. The summed E-state index contributed by atoms with van der Waals surface area (Å²) >= 11 is 0. The van der Waals surface area contributed by atoms with Crippen molar-refractivity contribution in [1.29, 1.82) is 0 Å². The van der Waals surface area contributed by atoms with Crippen LogP contribution < -0.4 is 10.1 Å². The first-order valence-corrected chi connectivity index (χ1v) is 6.23. The van der Waals surface area contributed by atoms with Crippen LogP contribution in [0.4, 0.5) is 0 Å². The molecule has 5 heteroatoms. The molecule has 1 aromatic carbocycles. The fraction of sp³-hybridized carbons (Fsp3) is 0.385. The van der Waals surface area contributed by atoms with Crippen LogP contribution in [0.25, 0.3) is 0 Å². The van der Waals surface area contributed by atoms with Crippen LogP contribution in [-0.4, -0.2) is 28.3 Å². The topological polar surface area (TPSA) is 62.8 Å². The van der Waals surface area contributed by atoms with Crippen molar-refractivity contribution in [2.24, 2.45) is 0 Å². The van der Waals surface area contributed by atoms with Crippen molar-refractivity contribution in [2.45, 2.75) is 19.4 Å². The molecule has 0 aliphatic carbocycles. The molecule has 0 bridgehead atoms. The quantitative estimate of drug-likeness (QED) is 0.854. The molecule has 18 heavy (non-hydrogen) atoms. The SMILES string of the molecule is CCNC(c1ncn[nH]1)c1cccc2c1OCC2. The highest BCUT2D eigenvalue weighted by atomic mass is 16.5. The average molecular weight is 244 g/mol. The average Bonchev–Trinajstić information content (AvgIpc) is 3.06. The summed E-state index contributed by atoms with van der Waals surface area (Å²) in [6.45, 7) is 3.70. The van der Waals surface area contributed by atoms with E-state index < -0.39 is 0 Å². The van der Waals surface area contributed by atoms with Gasteiger partial charge in [-0.1, -0.05) is 25.1 Å². The highest BCUT2D eigenvalue weighted by Gasteiger charge is 2.24. The van der Waals surface area contributed by atoms with Crippen molar-refractivity contribution in [2.75, 3.05) is 13.2 Å². The van der Waals surface area contributed by atoms with Crippen LogP contribution in [0.15, 0.2) is 24.5 Å². The minimum Gasteiger partial charge on any atom is -0.493 e. The van der Waals surface area contributed by atoms with E-state index in [1.165, 1.54) is 11.9 Å². The number of hydrogen-bond acceptors (Lipinski definition) is 4. The molecule has 0 spiro atoms. The van der Waals surface area contributed by atoms with Crippen molar-refractivity contribution in [3.8, 4) is 5.75 Å². The minimum absolute atomic E-state index is 0.00514. The molecule has 1 aliphatic heterocycles. The molecule has 1 atom stereocenters. The number of nitrogens with one attached hydrogen (secondary N) is 2. The maximum absolute atomic E-state index is 5.75. The van der Waals surface area contributed by atoms with Gasteiger partial charge in [-0.15, -0.1) is 0 Å². The summed E-state index contributed by atoms with van der Waals surface area (Å²) in [5.74, 6) is 1.82. The molecule has 0 fully saturated rings. The Morgan fingerprint density at radius 2 is 2.44 bits per heavy atom. The zero-order valence-corrected chi connectivity index (χ0v) is 10.3. The lowest BCUT2D eigenvalue weighted by Crippen LogP contribution is -2.23. The number of aromatic nitrogens is 3. The van der Waals surface area contributed by atoms with Crippen molar-refractivity contribution in [1.82, 2.24) is 20.5 Å². The van der Waals surface area contributed by atoms with Crippen LogP contribution in [0.5, 0.6) is 5.75 Å². The number of ether oxygens (including phenoxy) is 1. The normalized spacial score (nSPS) is 15.2. The molecule has 1 unspecified atom stereocenters. The van der Waals surface area contributed by atoms with E-state index >= 15 is 0 Å². The van der Waals surface area contributed by atoms with Crippen LogP contribution in [0, 0.1) is 0 Å². The zero-order valence-electron chi connectivity index (χ0n) is 10.3. The van der Waals surface area contributed by atoms with Crippen molar-refractivity contribution < 1.29 is 4.74 Å². The van der Waals surface area contributed by atoms with E-state index in [-0.39, 0.29) is 6.04 Å². The van der Waals surface area contributed by atoms with Crippen LogP contribution >= 0.6 is 0 Å². The number of benzene rings is 1. The Bertz CT molecular complexity index is 524. The van der Waals surface area contributed by atoms with E-state index in [1.807, 2.05) is 0 Å². The van der Waals surface area contributed by atoms with Gasteiger partial charge in [-0.05, 0) is 12.1 Å². The first kappa shape index (κ1) is 11.2. The van der Waals surface area contributed by atoms with E-state index in [9.17, 15) is 0 Å². The molecule has 2 aromatic rings. The molecule has 0 amide bonds. The third kappa shape index (κ3) is 1.86. The second kappa shape index (κ2) is 4.78. The largest absolute Gasteiger partial charge is 0.493 e. The number of hydrogen-bond donors (Lipinski definition) is 2. The number of rotatable bonds is 4. The van der Waals surface area contributed by atoms with Gasteiger partial charge < -0.3 is 10.1 Å². The van der Waals surface area contributed by atoms with Crippen LogP contribution in [0.2, 0.25) is 0 Å². The first-order chi connectivity index (χ1) is 8.90. The van der Waals surface area contributed by atoms with Crippen molar-refractivity contribution >= 4 is 0 Å². The van der Waals surface area contributed by atoms with Gasteiger partial charge in [-0.25, -0.2) is 4.98 Å². The maximum Gasteiger partial charge on any atom is 0.146 e. The third-order valence-corrected chi connectivity index (χ3v) is 3.17. The maximum atomic E-state index is 5.75. The summed E-state index contributed by atoms with van der Waals surface area (Å²) in [7, 11) is 0. The lowest BCUT2D eigenvalue weighted by atomic mass is 10.0. The fourth-order valence-electron chi connectivity index (χ4n) is 2.38. The lowest BCUT2D eigenvalue weighted by Gasteiger charge is -2.18. The monoisotopic (exact) mass is 244 g/mol. The lowest BCUT2D eigenvalue weighted by molar-refractivity contribution is 0.350. The minimum atomic E-state index is 0.00514. The zero-order chi connectivity index (χ0) is 12.4. The predicted molar refractivity (Wildman–Crippen MR) is 67.5 cm³/mol. The summed E-state index contributed by atoms with van der Waals surface area (Å²) in [6.07, 6.45) is 2.52. The predicted octanol–water partition coefficient (Wildman–Crippen LogP) is 1.44. The Kier molecular flexibility index (Phi) is 2.98. The molecule has 2 N–H and O–H groups in total. The van der Waals surface area contributed by atoms with E-state index in [0.29, 0.717) is 0 Å². The molecular weight excluding hydrogens is 228 g/mol. The van der Waals surface area contributed by atoms with Gasteiger partial charge in [-0.2, -0.15) is 5.10 Å². The second-order valence-corrected chi connectivity index (χ2v) is 4.30. The Morgan fingerprint density at radius 3 is 3.22 bits per heavy atom. The van der Waals surface area contributed by atoms with Gasteiger partial charge in [0, 0.05) is 12.0 Å². The Hall–Kier alpha value is -1.88. The summed E-state index contributed by atoms with van der Waals surface area (Å²) in [5, 5.41) is 10.3. The molecular formula is C13H16N4O. The van der Waals surface area contributed by atoms with E-state index in [2.05, 4.69) is 45.6 Å². The van der Waals surface area contributed by atoms with Crippen LogP contribution in [0.3, 0.4) is 0 Å². The van der Waals surface area contributed by atoms with Crippen LogP contribution in [-0.2, 0) is 6.42 Å². The molecule has 5 nitrogen and oxygen atoms in total. The molecule has 1 aliphatic rings. The third-order valence-electron chi connectivity index (χ3n) is 3.17. The van der Waals surface area contributed by atoms with E-state index in [4.69, 9.17) is 4.74 Å². The van der Waals surface area contributed by atoms with Gasteiger partial charge in [-0.3, -0.25) is 5.10 Å². The summed E-state index contributed by atoms with van der Waals surface area (Å²) in [4.78, 5) is 4.25. The molecule has 0 saturated carbocycles. The van der Waals surface area contributed by atoms with Gasteiger partial charge in [0.2, 0.25) is 0 Å². The summed E-state index contributed by atoms with van der Waals surface area (Å²) < 4.78 is 5.75. The van der Waals surface area contributed by atoms with Crippen molar-refractivity contribution in [3.05, 3.63) is 41.5 Å². The van der Waals surface area contributed by atoms with Gasteiger partial charge in [0.05, 0.1) is 12.6 Å². The molecule has 94 valence electrons. The summed E-state index contributed by atoms with van der Waals surface area (Å²) in [6, 6.07) is 6.28. The molecule has 3 rings (SSSR count). The first-order valence-electron chi connectivity index (χ1n) is 6.23. The summed E-state index contributed by atoms with van der Waals surface area (Å²) in [5.41, 5.74) is 2.40. The standard InChI is InChI=1S/C13H16N4O/c1-2-14-11(13-15-8-16-17-13)10-5-3-4-9-6-7-18-12(9)10/h3-5,8,11,14H,2,6-7H2,1H3,(H,15,16,17).